The molecular weight excluding hydrogens is 465 g/mol. The molecule has 0 aliphatic carbocycles. The number of aliphatic hydroxyl groups excluding tert-OH is 1. The number of fused-ring (bicyclic) bond motifs is 1. The molecule has 4 heterocycles. The Hall–Kier alpha value is -4.16. The van der Waals surface area contributed by atoms with Crippen molar-refractivity contribution >= 4 is 34.3 Å². The molecule has 0 saturated carbocycles. The smallest absolute Gasteiger partial charge is 0.248 e. The van der Waals surface area contributed by atoms with Gasteiger partial charge < -0.3 is 20.6 Å². The van der Waals surface area contributed by atoms with Gasteiger partial charge in [0, 0.05) is 30.4 Å². The number of likely N-dealkylation sites (N-methyl/N-ethyl adjacent to an activating group) is 1. The molecule has 0 unspecified atom stereocenters. The number of nitrogens with one attached hydrogen (secondary N) is 2. The molecule has 3 N–H and O–H groups in total. The maximum atomic E-state index is 14.8. The Morgan fingerprint density at radius 2 is 2.03 bits per heavy atom. The van der Waals surface area contributed by atoms with Crippen molar-refractivity contribution in [3.05, 3.63) is 60.6 Å². The van der Waals surface area contributed by atoms with Crippen molar-refractivity contribution in [1.29, 1.82) is 0 Å². The summed E-state index contributed by atoms with van der Waals surface area (Å²) < 4.78 is 17.9. The van der Waals surface area contributed by atoms with Crippen LogP contribution in [0.4, 0.5) is 21.7 Å². The summed E-state index contributed by atoms with van der Waals surface area (Å²) in [7, 11) is 3.83. The summed E-state index contributed by atoms with van der Waals surface area (Å²) in [4.78, 5) is 27.0. The number of aromatic nitrogens is 6. The average Bonchev–Trinajstić information content (AvgIpc) is 3.38. The van der Waals surface area contributed by atoms with Crippen molar-refractivity contribution in [2.24, 2.45) is 0 Å². The van der Waals surface area contributed by atoms with E-state index < -0.39 is 11.9 Å². The third-order valence-electron chi connectivity index (χ3n) is 5.14. The number of rotatable bonds is 9. The Bertz CT molecular complexity index is 1410. The number of pyridine rings is 1. The quantitative estimate of drug-likeness (QED) is 0.304. The lowest BCUT2D eigenvalue weighted by Crippen LogP contribution is -2.13. The predicted molar refractivity (Wildman–Crippen MR) is 135 cm³/mol. The van der Waals surface area contributed by atoms with E-state index in [-0.39, 0.29) is 17.7 Å². The summed E-state index contributed by atoms with van der Waals surface area (Å²) in [5.41, 5.74) is 2.45. The van der Waals surface area contributed by atoms with E-state index >= 15 is 0 Å². The van der Waals surface area contributed by atoms with Crippen LogP contribution in [0.2, 0.25) is 0 Å². The van der Waals surface area contributed by atoms with Crippen LogP contribution >= 0.6 is 0 Å². The molecule has 0 aromatic carbocycles. The summed E-state index contributed by atoms with van der Waals surface area (Å²) in [6, 6.07) is 1.79. The van der Waals surface area contributed by atoms with E-state index in [1.54, 1.807) is 46.9 Å². The normalized spacial score (nSPS) is 12.5. The molecule has 4 rings (SSSR count). The van der Waals surface area contributed by atoms with E-state index in [0.29, 0.717) is 30.1 Å². The van der Waals surface area contributed by atoms with Crippen molar-refractivity contribution < 1.29 is 14.3 Å². The van der Waals surface area contributed by atoms with Gasteiger partial charge in [-0.1, -0.05) is 6.08 Å². The van der Waals surface area contributed by atoms with Crippen molar-refractivity contribution in [1.82, 2.24) is 34.2 Å². The molecule has 1 amide bonds. The largest absolute Gasteiger partial charge is 0.391 e. The zero-order valence-electron chi connectivity index (χ0n) is 20.5. The number of hydrogen-bond donors (Lipinski definition) is 3. The highest BCUT2D eigenvalue weighted by atomic mass is 19.1. The topological polar surface area (TPSA) is 126 Å². The number of anilines is 3. The van der Waals surface area contributed by atoms with Gasteiger partial charge in [-0.25, -0.2) is 14.4 Å². The van der Waals surface area contributed by atoms with Crippen LogP contribution in [0.15, 0.2) is 49.2 Å². The molecule has 11 nitrogen and oxygen atoms in total. The molecule has 0 radical (unpaired) electrons. The Kier molecular flexibility index (Phi) is 7.36. The summed E-state index contributed by atoms with van der Waals surface area (Å²) in [6.45, 7) is 4.53. The molecule has 4 aromatic rings. The van der Waals surface area contributed by atoms with Crippen LogP contribution < -0.4 is 10.6 Å². The molecule has 0 aliphatic rings. The number of aryl methyl sites for hydroxylation is 1. The fourth-order valence-electron chi connectivity index (χ4n) is 3.56. The lowest BCUT2D eigenvalue weighted by Gasteiger charge is -2.09. The van der Waals surface area contributed by atoms with Crippen LogP contribution in [0.25, 0.3) is 16.9 Å². The van der Waals surface area contributed by atoms with Gasteiger partial charge in [-0.05, 0) is 39.6 Å². The van der Waals surface area contributed by atoms with Gasteiger partial charge in [-0.2, -0.15) is 10.1 Å². The summed E-state index contributed by atoms with van der Waals surface area (Å²) in [5.74, 6) is -0.675. The molecule has 0 aliphatic heterocycles. The van der Waals surface area contributed by atoms with Crippen molar-refractivity contribution in [2.75, 3.05) is 31.3 Å². The average molecular weight is 494 g/mol. The van der Waals surface area contributed by atoms with Crippen LogP contribution in [0, 0.1) is 12.7 Å². The molecular formula is C24H28FN9O2. The zero-order valence-corrected chi connectivity index (χ0v) is 20.5. The first-order valence-corrected chi connectivity index (χ1v) is 11.3. The van der Waals surface area contributed by atoms with E-state index in [0.717, 1.165) is 17.1 Å². The molecule has 188 valence electrons. The van der Waals surface area contributed by atoms with Crippen LogP contribution in [0.1, 0.15) is 12.5 Å². The first-order chi connectivity index (χ1) is 17.2. The minimum atomic E-state index is -0.618. The Balaban J connectivity index is 1.58. The van der Waals surface area contributed by atoms with E-state index in [1.165, 1.54) is 12.3 Å². The van der Waals surface area contributed by atoms with Crippen LogP contribution in [-0.2, 0) is 11.3 Å². The number of amides is 1. The van der Waals surface area contributed by atoms with Gasteiger partial charge in [0.15, 0.2) is 11.6 Å². The first-order valence-electron chi connectivity index (χ1n) is 11.3. The minimum absolute atomic E-state index is 0.0258. The number of carbonyl (C=O) groups excluding carboxylic acids is 1. The number of aliphatic hydroxyl groups is 1. The molecule has 0 fully saturated rings. The molecule has 4 aromatic heterocycles. The third-order valence-corrected chi connectivity index (χ3v) is 5.14. The number of carbonyl (C=O) groups is 1. The molecule has 36 heavy (non-hydrogen) atoms. The predicted octanol–water partition coefficient (Wildman–Crippen LogP) is 2.64. The van der Waals surface area contributed by atoms with E-state index in [2.05, 4.69) is 30.7 Å². The lowest BCUT2D eigenvalue weighted by atomic mass is 10.2. The van der Waals surface area contributed by atoms with Crippen molar-refractivity contribution in [3.63, 3.8) is 0 Å². The molecule has 12 heteroatoms. The van der Waals surface area contributed by atoms with E-state index in [1.807, 2.05) is 25.9 Å². The molecule has 0 saturated heterocycles. The first kappa shape index (κ1) is 24.9. The van der Waals surface area contributed by atoms with Crippen LogP contribution in [0.3, 0.4) is 0 Å². The summed E-state index contributed by atoms with van der Waals surface area (Å²) in [5, 5.41) is 20.2. The lowest BCUT2D eigenvalue weighted by molar-refractivity contribution is -0.111. The van der Waals surface area contributed by atoms with Crippen molar-refractivity contribution in [3.8, 4) is 5.82 Å². The highest BCUT2D eigenvalue weighted by molar-refractivity contribution is 6.00. The van der Waals surface area contributed by atoms with Gasteiger partial charge in [0.1, 0.15) is 5.65 Å². The Labute approximate surface area is 207 Å². The minimum Gasteiger partial charge on any atom is -0.391 e. The van der Waals surface area contributed by atoms with E-state index in [4.69, 9.17) is 0 Å². The maximum Gasteiger partial charge on any atom is 0.248 e. The highest BCUT2D eigenvalue weighted by Crippen LogP contribution is 2.26. The maximum absolute atomic E-state index is 14.8. The monoisotopic (exact) mass is 493 g/mol. The second-order valence-corrected chi connectivity index (χ2v) is 8.72. The van der Waals surface area contributed by atoms with Gasteiger partial charge >= 0.3 is 0 Å². The van der Waals surface area contributed by atoms with Gasteiger partial charge in [0.25, 0.3) is 0 Å². The zero-order chi connectivity index (χ0) is 25.8. The SMILES string of the molecule is Cc1cn(-c2nc(Nc3cnn(C[C@H](C)O)c3)ncc2F)c2ncc(NC(=O)/C=C/CN(C)C)cc12. The molecule has 1 atom stereocenters. The van der Waals surface area contributed by atoms with Gasteiger partial charge in [-0.15, -0.1) is 0 Å². The fourth-order valence-corrected chi connectivity index (χ4v) is 3.56. The van der Waals surface area contributed by atoms with Gasteiger partial charge in [0.05, 0.1) is 42.6 Å². The van der Waals surface area contributed by atoms with Crippen LogP contribution in [0.5, 0.6) is 0 Å². The number of halogens is 1. The van der Waals surface area contributed by atoms with Gasteiger partial charge in [-0.3, -0.25) is 14.0 Å². The summed E-state index contributed by atoms with van der Waals surface area (Å²) in [6.07, 6.45) is 10.3. The molecule has 0 spiro atoms. The molecule has 0 bridgehead atoms. The second kappa shape index (κ2) is 10.6. The van der Waals surface area contributed by atoms with Crippen LogP contribution in [-0.4, -0.2) is 72.0 Å². The third kappa shape index (κ3) is 5.90. The highest BCUT2D eigenvalue weighted by Gasteiger charge is 2.16. The Morgan fingerprint density at radius 3 is 2.78 bits per heavy atom. The summed E-state index contributed by atoms with van der Waals surface area (Å²) >= 11 is 0. The number of nitrogens with zero attached hydrogens (tertiary/aromatic N) is 7. The number of hydrogen-bond acceptors (Lipinski definition) is 8. The standard InChI is InChI=1S/C24H28FN9O2/c1-15-12-34(22-19(15)8-17(9-26-22)29-21(36)6-5-7-32(3)4)23-20(25)11-27-24(31-23)30-18-10-28-33(14-18)13-16(2)35/h5-6,8-12,14,16,35H,7,13H2,1-4H3,(H,29,36)(H,27,30,31)/b6-5+/t16-/m0/s1. The van der Waals surface area contributed by atoms with Gasteiger partial charge in [0.2, 0.25) is 11.9 Å². The van der Waals surface area contributed by atoms with Crippen molar-refractivity contribution in [2.45, 2.75) is 26.5 Å². The Morgan fingerprint density at radius 1 is 1.22 bits per heavy atom. The second-order valence-electron chi connectivity index (χ2n) is 8.72. The van der Waals surface area contributed by atoms with E-state index in [9.17, 15) is 14.3 Å². The fraction of sp³-hybridized carbons (Fsp3) is 0.292.